The van der Waals surface area contributed by atoms with Crippen molar-refractivity contribution in [3.05, 3.63) is 41.3 Å². The summed E-state index contributed by atoms with van der Waals surface area (Å²) in [4.78, 5) is 19.6. The van der Waals surface area contributed by atoms with Crippen LogP contribution < -0.4 is 5.32 Å². The Morgan fingerprint density at radius 3 is 3.04 bits per heavy atom. The predicted octanol–water partition coefficient (Wildman–Crippen LogP) is 2.27. The summed E-state index contributed by atoms with van der Waals surface area (Å²) in [5.41, 5.74) is 1.87. The van der Waals surface area contributed by atoms with Gasteiger partial charge in [-0.3, -0.25) is 14.7 Å². The first-order valence-electron chi connectivity index (χ1n) is 8.73. The number of hydrogen-bond acceptors (Lipinski definition) is 4. The average molecular weight is 343 g/mol. The minimum Gasteiger partial charge on any atom is -0.376 e. The average Bonchev–Trinajstić information content (AvgIpc) is 2.95. The van der Waals surface area contributed by atoms with Crippen molar-refractivity contribution in [2.45, 2.75) is 38.5 Å². The zero-order valence-electron chi connectivity index (χ0n) is 14.5. The van der Waals surface area contributed by atoms with Crippen molar-refractivity contribution < 1.29 is 13.9 Å². The number of aryl methyl sites for hydroxylation is 1. The molecule has 2 aliphatic heterocycles. The molecule has 0 saturated carbocycles. The number of benzene rings is 1. The second kappa shape index (κ2) is 6.35. The molecule has 0 unspecified atom stereocenters. The van der Waals surface area contributed by atoms with E-state index >= 15 is 0 Å². The van der Waals surface area contributed by atoms with E-state index in [0.717, 1.165) is 31.8 Å². The number of rotatable bonds is 2. The molecule has 2 aromatic rings. The highest BCUT2D eigenvalue weighted by Gasteiger charge is 2.36. The van der Waals surface area contributed by atoms with Crippen LogP contribution in [0.1, 0.15) is 29.4 Å². The fourth-order valence-electron chi connectivity index (χ4n) is 3.93. The molecule has 2 aliphatic rings. The summed E-state index contributed by atoms with van der Waals surface area (Å²) < 4.78 is 19.4. The first kappa shape index (κ1) is 16.4. The molecule has 3 atom stereocenters. The fraction of sp³-hybridized carbons (Fsp3) is 0.474. The molecule has 25 heavy (non-hydrogen) atoms. The number of morpholine rings is 1. The molecule has 4 rings (SSSR count). The summed E-state index contributed by atoms with van der Waals surface area (Å²) in [6.07, 6.45) is 1.12. The molecule has 2 saturated heterocycles. The number of carbonyl (C=O) groups excluding carboxylic acids is 1. The number of nitrogens with zero attached hydrogens (tertiary/aromatic N) is 2. The summed E-state index contributed by atoms with van der Waals surface area (Å²) in [6, 6.07) is 6.54. The highest BCUT2D eigenvalue weighted by atomic mass is 19.1. The lowest BCUT2D eigenvalue weighted by atomic mass is 10.1. The normalized spacial score (nSPS) is 26.6. The minimum atomic E-state index is -0.365. The largest absolute Gasteiger partial charge is 0.376 e. The quantitative estimate of drug-likeness (QED) is 0.909. The second-order valence-electron chi connectivity index (χ2n) is 7.13. The topological polar surface area (TPSA) is 54.5 Å². The maximum Gasteiger partial charge on any atom is 0.252 e. The summed E-state index contributed by atoms with van der Waals surface area (Å²) in [7, 11) is 0. The Hall–Kier alpha value is -2.05. The Morgan fingerprint density at radius 1 is 1.36 bits per heavy atom. The number of carbonyl (C=O) groups is 1. The summed E-state index contributed by atoms with van der Waals surface area (Å²) >= 11 is 0. The van der Waals surface area contributed by atoms with Gasteiger partial charge < -0.3 is 10.1 Å². The van der Waals surface area contributed by atoms with Crippen molar-refractivity contribution in [2.24, 2.45) is 0 Å². The summed E-state index contributed by atoms with van der Waals surface area (Å²) in [5.74, 6) is -0.531. The highest BCUT2D eigenvalue weighted by Crippen LogP contribution is 2.24. The molecule has 132 valence electrons. The van der Waals surface area contributed by atoms with Gasteiger partial charge in [0.25, 0.3) is 5.91 Å². The second-order valence-corrected chi connectivity index (χ2v) is 7.13. The van der Waals surface area contributed by atoms with E-state index in [0.29, 0.717) is 22.5 Å². The van der Waals surface area contributed by atoms with E-state index in [1.54, 1.807) is 12.1 Å². The van der Waals surface area contributed by atoms with E-state index in [-0.39, 0.29) is 23.9 Å². The third-order valence-electron chi connectivity index (χ3n) is 5.07. The molecule has 0 bridgehead atoms. The van der Waals surface area contributed by atoms with Crippen molar-refractivity contribution in [3.63, 3.8) is 0 Å². The van der Waals surface area contributed by atoms with Crippen LogP contribution in [0.25, 0.3) is 10.9 Å². The Balaban J connectivity index is 1.56. The molecule has 1 N–H and O–H groups in total. The molecule has 0 radical (unpaired) electrons. The fourth-order valence-corrected chi connectivity index (χ4v) is 3.93. The van der Waals surface area contributed by atoms with Crippen molar-refractivity contribution in [2.75, 3.05) is 19.7 Å². The third kappa shape index (κ3) is 3.24. The van der Waals surface area contributed by atoms with Gasteiger partial charge in [-0.05, 0) is 44.5 Å². The van der Waals surface area contributed by atoms with Gasteiger partial charge >= 0.3 is 0 Å². The molecule has 0 spiro atoms. The van der Waals surface area contributed by atoms with Crippen LogP contribution in [0.5, 0.6) is 0 Å². The van der Waals surface area contributed by atoms with Crippen LogP contribution in [-0.4, -0.2) is 53.7 Å². The molecule has 2 fully saturated rings. The molecule has 1 aromatic carbocycles. The number of ether oxygens (including phenoxy) is 1. The first-order chi connectivity index (χ1) is 12.0. The molecule has 5 nitrogen and oxygen atoms in total. The van der Waals surface area contributed by atoms with Gasteiger partial charge in [0.2, 0.25) is 0 Å². The van der Waals surface area contributed by atoms with Crippen LogP contribution in [0.15, 0.2) is 24.3 Å². The van der Waals surface area contributed by atoms with Crippen LogP contribution in [-0.2, 0) is 4.74 Å². The lowest BCUT2D eigenvalue weighted by Crippen LogP contribution is -2.45. The molecular weight excluding hydrogens is 321 g/mol. The highest BCUT2D eigenvalue weighted by molar-refractivity contribution is 6.06. The van der Waals surface area contributed by atoms with E-state index in [4.69, 9.17) is 4.74 Å². The standard InChI is InChI=1S/C19H22FN3O2/c1-11-5-17(16-6-13(20)3-4-18(16)21-11)19(24)22-14-7-15-10-25-12(2)8-23(15)9-14/h3-6,12,14-15H,7-10H2,1-2H3,(H,22,24)/t12-,14-,15-/m0/s1. The Morgan fingerprint density at radius 2 is 2.20 bits per heavy atom. The van der Waals surface area contributed by atoms with Crippen molar-refractivity contribution >= 4 is 16.8 Å². The minimum absolute atomic E-state index is 0.0866. The monoisotopic (exact) mass is 343 g/mol. The van der Waals surface area contributed by atoms with Gasteiger partial charge in [0.1, 0.15) is 5.82 Å². The molecule has 3 heterocycles. The molecular formula is C19H22FN3O2. The number of fused-ring (bicyclic) bond motifs is 2. The maximum atomic E-state index is 13.6. The van der Waals surface area contributed by atoms with Crippen LogP contribution in [0.2, 0.25) is 0 Å². The van der Waals surface area contributed by atoms with Gasteiger partial charge in [-0.25, -0.2) is 4.39 Å². The van der Waals surface area contributed by atoms with Crippen LogP contribution in [0.4, 0.5) is 4.39 Å². The SMILES string of the molecule is Cc1cc(C(=O)N[C@H]2C[C@H]3CO[C@@H](C)CN3C2)c2cc(F)ccc2n1. The Labute approximate surface area is 146 Å². The van der Waals surface area contributed by atoms with Crippen molar-refractivity contribution in [1.82, 2.24) is 15.2 Å². The summed E-state index contributed by atoms with van der Waals surface area (Å²) in [5, 5.41) is 3.67. The van der Waals surface area contributed by atoms with Gasteiger partial charge in [0.05, 0.1) is 23.8 Å². The van der Waals surface area contributed by atoms with Crippen LogP contribution in [0.3, 0.4) is 0 Å². The van der Waals surface area contributed by atoms with E-state index < -0.39 is 0 Å². The van der Waals surface area contributed by atoms with Crippen LogP contribution in [0, 0.1) is 12.7 Å². The Bertz CT molecular complexity index is 826. The van der Waals surface area contributed by atoms with E-state index in [9.17, 15) is 9.18 Å². The first-order valence-corrected chi connectivity index (χ1v) is 8.73. The number of nitrogens with one attached hydrogen (secondary N) is 1. The van der Waals surface area contributed by atoms with Crippen LogP contribution >= 0.6 is 0 Å². The number of aromatic nitrogens is 1. The molecule has 0 aliphatic carbocycles. The molecule has 1 aromatic heterocycles. The Kier molecular flexibility index (Phi) is 4.17. The predicted molar refractivity (Wildman–Crippen MR) is 93.1 cm³/mol. The number of amides is 1. The summed E-state index contributed by atoms with van der Waals surface area (Å²) in [6.45, 7) is 6.37. The van der Waals surface area contributed by atoms with Gasteiger partial charge in [-0.2, -0.15) is 0 Å². The van der Waals surface area contributed by atoms with E-state index in [1.807, 2.05) is 6.92 Å². The van der Waals surface area contributed by atoms with Gasteiger partial charge in [-0.1, -0.05) is 0 Å². The molecule has 1 amide bonds. The zero-order chi connectivity index (χ0) is 17.6. The lowest BCUT2D eigenvalue weighted by molar-refractivity contribution is -0.0390. The van der Waals surface area contributed by atoms with E-state index in [2.05, 4.69) is 22.1 Å². The number of hydrogen-bond donors (Lipinski definition) is 1. The van der Waals surface area contributed by atoms with Crippen molar-refractivity contribution in [1.29, 1.82) is 0 Å². The smallest absolute Gasteiger partial charge is 0.252 e. The zero-order valence-corrected chi connectivity index (χ0v) is 14.5. The molecule has 6 heteroatoms. The third-order valence-corrected chi connectivity index (χ3v) is 5.07. The van der Waals surface area contributed by atoms with Gasteiger partial charge in [-0.15, -0.1) is 0 Å². The number of halogens is 1. The lowest BCUT2D eigenvalue weighted by Gasteiger charge is -2.33. The van der Waals surface area contributed by atoms with Crippen molar-refractivity contribution in [3.8, 4) is 0 Å². The van der Waals surface area contributed by atoms with Gasteiger partial charge in [0, 0.05) is 36.3 Å². The van der Waals surface area contributed by atoms with E-state index in [1.165, 1.54) is 12.1 Å². The maximum absolute atomic E-state index is 13.6. The number of pyridine rings is 1. The van der Waals surface area contributed by atoms with Gasteiger partial charge in [0.15, 0.2) is 0 Å².